The van der Waals surface area contributed by atoms with Crippen LogP contribution in [0.2, 0.25) is 0 Å². The van der Waals surface area contributed by atoms with Crippen molar-refractivity contribution in [2.45, 2.75) is 18.7 Å². The molecule has 2 aromatic carbocycles. The predicted octanol–water partition coefficient (Wildman–Crippen LogP) is 5.79. The Hall–Kier alpha value is -4.21. The van der Waals surface area contributed by atoms with Crippen molar-refractivity contribution in [3.63, 3.8) is 0 Å². The molecule has 1 aliphatic rings. The fourth-order valence-electron chi connectivity index (χ4n) is 4.87. The summed E-state index contributed by atoms with van der Waals surface area (Å²) in [4.78, 5) is 34.0. The molecule has 0 spiro atoms. The molecule has 9 heteroatoms. The molecule has 200 valence electrons. The highest BCUT2D eigenvalue weighted by molar-refractivity contribution is 8.00. The monoisotopic (exact) mass is 565 g/mol. The molecule has 0 saturated carbocycles. The van der Waals surface area contributed by atoms with E-state index < -0.39 is 0 Å². The van der Waals surface area contributed by atoms with E-state index in [9.17, 15) is 9.59 Å². The van der Waals surface area contributed by atoms with Gasteiger partial charge in [0.15, 0.2) is 0 Å². The van der Waals surface area contributed by atoms with Gasteiger partial charge in [0.2, 0.25) is 11.8 Å². The maximum Gasteiger partial charge on any atom is 0.240 e. The molecule has 3 aromatic heterocycles. The lowest BCUT2D eigenvalue weighted by Crippen LogP contribution is -2.42. The molecule has 6 rings (SSSR count). The number of thiophene rings is 1. The Kier molecular flexibility index (Phi) is 7.48. The van der Waals surface area contributed by atoms with Crippen LogP contribution in [0.4, 0.5) is 5.82 Å². The molecule has 1 N–H and O–H groups in total. The average molecular weight is 566 g/mol. The van der Waals surface area contributed by atoms with Crippen LogP contribution < -0.4 is 10.2 Å². The first-order chi connectivity index (χ1) is 19.6. The third-order valence-corrected chi connectivity index (χ3v) is 9.12. The number of aryl methyl sites for hydroxylation is 1. The van der Waals surface area contributed by atoms with E-state index in [-0.39, 0.29) is 29.4 Å². The molecule has 4 heterocycles. The van der Waals surface area contributed by atoms with Gasteiger partial charge in [-0.25, -0.2) is 4.68 Å². The second-order valence-electron chi connectivity index (χ2n) is 9.47. The van der Waals surface area contributed by atoms with Crippen molar-refractivity contribution in [1.82, 2.24) is 20.1 Å². The predicted molar refractivity (Wildman–Crippen MR) is 161 cm³/mol. The van der Waals surface area contributed by atoms with Crippen LogP contribution in [0.25, 0.3) is 16.9 Å². The second-order valence-corrected chi connectivity index (χ2v) is 11.5. The molecule has 40 heavy (non-hydrogen) atoms. The third kappa shape index (κ3) is 5.17. The number of aromatic nitrogens is 3. The Balaban J connectivity index is 1.51. The number of nitrogens with one attached hydrogen (secondary N) is 1. The van der Waals surface area contributed by atoms with Crippen molar-refractivity contribution >= 4 is 40.7 Å². The van der Waals surface area contributed by atoms with E-state index in [1.54, 1.807) is 40.4 Å². The van der Waals surface area contributed by atoms with Crippen LogP contribution in [-0.2, 0) is 16.1 Å². The largest absolute Gasteiger partial charge is 0.350 e. The molecule has 0 saturated heterocycles. The smallest absolute Gasteiger partial charge is 0.240 e. The minimum atomic E-state index is -0.249. The molecule has 0 unspecified atom stereocenters. The van der Waals surface area contributed by atoms with Crippen LogP contribution in [0, 0.1) is 6.92 Å². The van der Waals surface area contributed by atoms with Gasteiger partial charge < -0.3 is 5.32 Å². The Morgan fingerprint density at radius 3 is 2.60 bits per heavy atom. The van der Waals surface area contributed by atoms with E-state index in [0.29, 0.717) is 12.4 Å². The number of hydrogen-bond acceptors (Lipinski definition) is 6. The summed E-state index contributed by atoms with van der Waals surface area (Å²) in [6, 6.07) is 25.9. The summed E-state index contributed by atoms with van der Waals surface area (Å²) >= 11 is 3.24. The van der Waals surface area contributed by atoms with Crippen LogP contribution in [0.5, 0.6) is 0 Å². The zero-order valence-electron chi connectivity index (χ0n) is 21.9. The molecule has 0 fully saturated rings. The molecule has 5 aromatic rings. The minimum absolute atomic E-state index is 0.115. The quantitative estimate of drug-likeness (QED) is 0.270. The normalized spacial score (nSPS) is 15.0. The van der Waals surface area contributed by atoms with Crippen molar-refractivity contribution in [3.8, 4) is 16.9 Å². The van der Waals surface area contributed by atoms with E-state index in [1.165, 1.54) is 0 Å². The van der Waals surface area contributed by atoms with Gasteiger partial charge in [0.25, 0.3) is 0 Å². The van der Waals surface area contributed by atoms with Crippen LogP contribution >= 0.6 is 23.1 Å². The molecule has 0 bridgehead atoms. The highest BCUT2D eigenvalue weighted by atomic mass is 32.2. The maximum atomic E-state index is 13.8. The fraction of sp³-hybridized carbons (Fsp3) is 0.161. The van der Waals surface area contributed by atoms with E-state index in [4.69, 9.17) is 5.10 Å². The molecular weight excluding hydrogens is 539 g/mol. The Bertz CT molecular complexity index is 1640. The number of carbonyl (C=O) groups excluding carboxylic acids is 2. The van der Waals surface area contributed by atoms with E-state index in [1.807, 2.05) is 84.4 Å². The first-order valence-electron chi connectivity index (χ1n) is 13.0. The number of benzene rings is 2. The molecule has 1 aliphatic heterocycles. The second kappa shape index (κ2) is 11.5. The number of hydrogen-bond donors (Lipinski definition) is 1. The number of thioether (sulfide) groups is 1. The highest BCUT2D eigenvalue weighted by Crippen LogP contribution is 2.49. The lowest BCUT2D eigenvalue weighted by molar-refractivity contribution is -0.123. The molecular formula is C31H27N5O2S2. The van der Waals surface area contributed by atoms with Crippen molar-refractivity contribution in [2.75, 3.05) is 17.2 Å². The summed E-state index contributed by atoms with van der Waals surface area (Å²) in [5.74, 6) is 0.505. The molecule has 2 amide bonds. The highest BCUT2D eigenvalue weighted by Gasteiger charge is 2.38. The topological polar surface area (TPSA) is 80.1 Å². The van der Waals surface area contributed by atoms with Gasteiger partial charge >= 0.3 is 0 Å². The average Bonchev–Trinajstić information content (AvgIpc) is 3.63. The zero-order chi connectivity index (χ0) is 27.5. The number of para-hydroxylation sites is 1. The summed E-state index contributed by atoms with van der Waals surface area (Å²) in [7, 11) is 0. The van der Waals surface area contributed by atoms with Gasteiger partial charge in [0, 0.05) is 34.9 Å². The molecule has 0 aliphatic carbocycles. The Morgan fingerprint density at radius 2 is 1.85 bits per heavy atom. The summed E-state index contributed by atoms with van der Waals surface area (Å²) in [6.07, 6.45) is 3.42. The first-order valence-corrected chi connectivity index (χ1v) is 14.9. The van der Waals surface area contributed by atoms with Crippen molar-refractivity contribution in [1.29, 1.82) is 0 Å². The maximum absolute atomic E-state index is 13.8. The Labute approximate surface area is 240 Å². The van der Waals surface area contributed by atoms with Gasteiger partial charge in [0.1, 0.15) is 12.4 Å². The SMILES string of the molecule is Cc1ccccc1-n1nc(-c2ccccc2)c2c1N(CC(=O)NCc1cccnc1)C(=O)CS[C@@H]2c1cccs1. The number of nitrogens with zero attached hydrogens (tertiary/aromatic N) is 4. The standard InChI is InChI=1S/C31H27N5O2S2/c1-21-9-5-6-13-24(21)36-31-28(29(34-36)23-11-3-2-4-12-23)30(25-14-8-16-39-25)40-20-27(38)35(31)19-26(37)33-18-22-10-7-15-32-17-22/h2-17,30H,18-20H2,1H3,(H,33,37)/t30-/m1/s1. The number of anilines is 1. The zero-order valence-corrected chi connectivity index (χ0v) is 23.5. The van der Waals surface area contributed by atoms with Crippen molar-refractivity contribution in [3.05, 3.63) is 118 Å². The van der Waals surface area contributed by atoms with Crippen molar-refractivity contribution in [2.24, 2.45) is 0 Å². The van der Waals surface area contributed by atoms with Gasteiger partial charge in [-0.1, -0.05) is 60.7 Å². The number of amides is 2. The van der Waals surface area contributed by atoms with E-state index >= 15 is 0 Å². The first kappa shape index (κ1) is 26.0. The molecule has 1 atom stereocenters. The molecule has 7 nitrogen and oxygen atoms in total. The van der Waals surface area contributed by atoms with Crippen LogP contribution in [-0.4, -0.2) is 38.9 Å². The number of rotatable bonds is 7. The van der Waals surface area contributed by atoms with Gasteiger partial charge in [-0.3, -0.25) is 19.5 Å². The third-order valence-electron chi connectivity index (χ3n) is 6.80. The van der Waals surface area contributed by atoms with Crippen LogP contribution in [0.15, 0.2) is 96.6 Å². The summed E-state index contributed by atoms with van der Waals surface area (Å²) in [5.41, 5.74) is 5.48. The summed E-state index contributed by atoms with van der Waals surface area (Å²) in [6.45, 7) is 2.25. The Morgan fingerprint density at radius 1 is 1.02 bits per heavy atom. The molecule has 0 radical (unpaired) electrons. The van der Waals surface area contributed by atoms with E-state index in [0.717, 1.165) is 38.5 Å². The summed E-state index contributed by atoms with van der Waals surface area (Å²) in [5, 5.41) is 10.1. The lowest BCUT2D eigenvalue weighted by atomic mass is 10.0. The van der Waals surface area contributed by atoms with Crippen molar-refractivity contribution < 1.29 is 9.59 Å². The number of carbonyl (C=O) groups is 2. The lowest BCUT2D eigenvalue weighted by Gasteiger charge is -2.23. The van der Waals surface area contributed by atoms with Gasteiger partial charge in [0.05, 0.1) is 22.4 Å². The fourth-order valence-corrected chi connectivity index (χ4v) is 7.04. The van der Waals surface area contributed by atoms with E-state index in [2.05, 4.69) is 21.7 Å². The summed E-state index contributed by atoms with van der Waals surface area (Å²) < 4.78 is 1.85. The van der Waals surface area contributed by atoms with Crippen LogP contribution in [0.1, 0.15) is 26.8 Å². The van der Waals surface area contributed by atoms with Gasteiger partial charge in [-0.2, -0.15) is 5.10 Å². The number of fused-ring (bicyclic) bond motifs is 1. The van der Waals surface area contributed by atoms with Crippen LogP contribution in [0.3, 0.4) is 0 Å². The van der Waals surface area contributed by atoms with Gasteiger partial charge in [-0.05, 0) is 41.6 Å². The number of pyridine rings is 1. The minimum Gasteiger partial charge on any atom is -0.350 e. The van der Waals surface area contributed by atoms with Gasteiger partial charge in [-0.15, -0.1) is 23.1 Å².